The van der Waals surface area contributed by atoms with Gasteiger partial charge in [-0.15, -0.1) is 6.61 Å². The second kappa shape index (κ2) is 20.2. The van der Waals surface area contributed by atoms with Gasteiger partial charge in [0.25, 0.3) is 0 Å². The summed E-state index contributed by atoms with van der Waals surface area (Å²) in [5.41, 5.74) is 1.09. The summed E-state index contributed by atoms with van der Waals surface area (Å²) in [7, 11) is -4.67. The van der Waals surface area contributed by atoms with Crippen molar-refractivity contribution in [1.82, 2.24) is 0 Å². The van der Waals surface area contributed by atoms with Gasteiger partial charge in [0.15, 0.2) is 0 Å². The first-order valence-corrected chi connectivity index (χ1v) is 9.70. The van der Waals surface area contributed by atoms with Crippen molar-refractivity contribution < 1.29 is 57.3 Å². The van der Waals surface area contributed by atoms with E-state index in [1.807, 2.05) is 18.2 Å². The largest absolute Gasteiger partial charge is 1.00 e. The monoisotopic (exact) mass is 386 g/mol. The molecule has 0 aromatic heterocycles. The van der Waals surface area contributed by atoms with E-state index in [1.54, 1.807) is 13.0 Å². The number of phenolic OH excluding ortho intramolecular Hbond substituents is 1. The summed E-state index contributed by atoms with van der Waals surface area (Å²) in [4.78, 5) is 0. The minimum atomic E-state index is -4.67. The van der Waals surface area contributed by atoms with Crippen LogP contribution in [0.5, 0.6) is 5.75 Å². The molecule has 0 fully saturated rings. The fourth-order valence-corrected chi connectivity index (χ4v) is 1.99. The van der Waals surface area contributed by atoms with E-state index in [0.29, 0.717) is 5.75 Å². The maximum absolute atomic E-state index is 9.58. The summed E-state index contributed by atoms with van der Waals surface area (Å²) < 4.78 is 31.6. The van der Waals surface area contributed by atoms with Gasteiger partial charge in [-0.2, -0.15) is 8.42 Å². The van der Waals surface area contributed by atoms with Crippen LogP contribution in [0.1, 0.15) is 64.4 Å². The molecule has 0 amide bonds. The van der Waals surface area contributed by atoms with Gasteiger partial charge >= 0.3 is 40.0 Å². The molecule has 1 aromatic rings. The molecule has 0 bridgehead atoms. The SMILES string of the molecule is CCCCCCCCCc1ccccc1O.CC[O-].O=S(=O)(O)O.[Na+]. The molecule has 6 nitrogen and oxygen atoms in total. The molecule has 142 valence electrons. The van der Waals surface area contributed by atoms with Crippen LogP contribution in [-0.4, -0.2) is 29.2 Å². The molecule has 1 rings (SSSR count). The normalized spacial score (nSPS) is 9.80. The zero-order valence-electron chi connectivity index (χ0n) is 15.6. The second-order valence-corrected chi connectivity index (χ2v) is 6.13. The van der Waals surface area contributed by atoms with Crippen molar-refractivity contribution in [2.75, 3.05) is 6.61 Å². The summed E-state index contributed by atoms with van der Waals surface area (Å²) in [6.45, 7) is 3.82. The van der Waals surface area contributed by atoms with Crippen molar-refractivity contribution in [3.05, 3.63) is 29.8 Å². The summed E-state index contributed by atoms with van der Waals surface area (Å²) >= 11 is 0. The van der Waals surface area contributed by atoms with Crippen molar-refractivity contribution in [2.24, 2.45) is 0 Å². The van der Waals surface area contributed by atoms with Crippen molar-refractivity contribution in [3.8, 4) is 5.75 Å². The number of aryl methyl sites for hydroxylation is 1. The fraction of sp³-hybridized carbons (Fsp3) is 0.647. The maximum atomic E-state index is 9.58. The van der Waals surface area contributed by atoms with Crippen LogP contribution in [0.4, 0.5) is 0 Å². The Morgan fingerprint density at radius 1 is 0.920 bits per heavy atom. The molecule has 25 heavy (non-hydrogen) atoms. The predicted molar refractivity (Wildman–Crippen MR) is 94.5 cm³/mol. The van der Waals surface area contributed by atoms with Crippen LogP contribution >= 0.6 is 0 Å². The maximum Gasteiger partial charge on any atom is 1.00 e. The first-order chi connectivity index (χ1) is 11.3. The van der Waals surface area contributed by atoms with Gasteiger partial charge < -0.3 is 10.2 Å². The van der Waals surface area contributed by atoms with Gasteiger partial charge in [-0.25, -0.2) is 0 Å². The van der Waals surface area contributed by atoms with Gasteiger partial charge in [0.2, 0.25) is 0 Å². The predicted octanol–water partition coefficient (Wildman–Crippen LogP) is 0.403. The van der Waals surface area contributed by atoms with Gasteiger partial charge in [-0.05, 0) is 24.5 Å². The molecule has 0 saturated carbocycles. The zero-order chi connectivity index (χ0) is 18.8. The molecule has 0 unspecified atom stereocenters. The average molecular weight is 386 g/mol. The first-order valence-electron chi connectivity index (χ1n) is 8.31. The molecule has 0 spiro atoms. The molecule has 3 N–H and O–H groups in total. The van der Waals surface area contributed by atoms with E-state index in [4.69, 9.17) is 22.6 Å². The molecule has 0 heterocycles. The Labute approximate surface area is 174 Å². The van der Waals surface area contributed by atoms with Crippen LogP contribution in [0.2, 0.25) is 0 Å². The zero-order valence-corrected chi connectivity index (χ0v) is 18.5. The van der Waals surface area contributed by atoms with Gasteiger partial charge in [0.1, 0.15) is 5.75 Å². The van der Waals surface area contributed by atoms with Crippen LogP contribution in [-0.2, 0) is 16.8 Å². The summed E-state index contributed by atoms with van der Waals surface area (Å²) in [6.07, 6.45) is 10.3. The molecule has 0 radical (unpaired) electrons. The van der Waals surface area contributed by atoms with Crippen LogP contribution in [0, 0.1) is 0 Å². The van der Waals surface area contributed by atoms with Crippen LogP contribution in [0.15, 0.2) is 24.3 Å². The van der Waals surface area contributed by atoms with Gasteiger partial charge in [0, 0.05) is 0 Å². The average Bonchev–Trinajstić information content (AvgIpc) is 2.47. The van der Waals surface area contributed by atoms with Gasteiger partial charge in [-0.3, -0.25) is 9.11 Å². The third kappa shape index (κ3) is 28.9. The summed E-state index contributed by atoms with van der Waals surface area (Å²) in [6, 6.07) is 7.67. The molecule has 0 aliphatic rings. The summed E-state index contributed by atoms with van der Waals surface area (Å²) in [5, 5.41) is 18.5. The minimum absolute atomic E-state index is 0. The molecular formula is C17H31NaO6S. The minimum Gasteiger partial charge on any atom is -0.855 e. The van der Waals surface area contributed by atoms with E-state index >= 15 is 0 Å². The number of hydrogen-bond donors (Lipinski definition) is 3. The van der Waals surface area contributed by atoms with Crippen molar-refractivity contribution in [2.45, 2.75) is 65.2 Å². The number of hydrogen-bond acceptors (Lipinski definition) is 4. The Morgan fingerprint density at radius 3 is 1.76 bits per heavy atom. The van der Waals surface area contributed by atoms with Crippen LogP contribution < -0.4 is 34.7 Å². The third-order valence-electron chi connectivity index (χ3n) is 3.04. The molecule has 0 aliphatic heterocycles. The molecule has 0 aliphatic carbocycles. The third-order valence-corrected chi connectivity index (χ3v) is 3.04. The Kier molecular flexibility index (Phi) is 23.9. The number of para-hydroxylation sites is 1. The van der Waals surface area contributed by atoms with E-state index in [2.05, 4.69) is 6.92 Å². The fourth-order valence-electron chi connectivity index (χ4n) is 1.99. The van der Waals surface area contributed by atoms with Gasteiger partial charge in [-0.1, -0.05) is 70.6 Å². The van der Waals surface area contributed by atoms with E-state index < -0.39 is 10.4 Å². The van der Waals surface area contributed by atoms with Crippen LogP contribution in [0.3, 0.4) is 0 Å². The standard InChI is InChI=1S/C15H24O.C2H5O.Na.H2O4S/c1-2-3-4-5-6-7-8-11-14-12-9-10-13-15(14)16;1-2-3;;1-5(2,3)4/h9-10,12-13,16H,2-8,11H2,1H3;2H2,1H3;;(H2,1,2,3,4)/q;-1;+1;. The number of phenols is 1. The van der Waals surface area contributed by atoms with E-state index in [0.717, 1.165) is 12.0 Å². The van der Waals surface area contributed by atoms with Crippen molar-refractivity contribution >= 4 is 10.4 Å². The molecule has 0 saturated heterocycles. The van der Waals surface area contributed by atoms with E-state index in [-0.39, 0.29) is 36.2 Å². The van der Waals surface area contributed by atoms with Gasteiger partial charge in [0.05, 0.1) is 0 Å². The van der Waals surface area contributed by atoms with Crippen LogP contribution in [0.25, 0.3) is 0 Å². The molecule has 1 aromatic carbocycles. The number of benzene rings is 1. The molecule has 8 heteroatoms. The Hall–Kier alpha value is -0.150. The van der Waals surface area contributed by atoms with Crippen molar-refractivity contribution in [3.63, 3.8) is 0 Å². The number of aromatic hydroxyl groups is 1. The van der Waals surface area contributed by atoms with E-state index in [9.17, 15) is 5.11 Å². The number of rotatable bonds is 8. The Bertz CT molecular complexity index is 486. The topological polar surface area (TPSA) is 118 Å². The van der Waals surface area contributed by atoms with Crippen molar-refractivity contribution in [1.29, 1.82) is 0 Å². The smallest absolute Gasteiger partial charge is 0.855 e. The summed E-state index contributed by atoms with van der Waals surface area (Å²) in [5.74, 6) is 0.452. The molecular weight excluding hydrogens is 355 g/mol. The quantitative estimate of drug-likeness (QED) is 0.338. The Morgan fingerprint density at radius 2 is 1.32 bits per heavy atom. The first kappa shape index (κ1) is 29.6. The number of unbranched alkanes of at least 4 members (excludes halogenated alkanes) is 6. The Balaban J connectivity index is -0.000000455. The second-order valence-electron chi connectivity index (χ2n) is 5.24. The molecule has 0 atom stereocenters. The van der Waals surface area contributed by atoms with E-state index in [1.165, 1.54) is 44.9 Å².